The zero-order valence-electron chi connectivity index (χ0n) is 18.8. The Morgan fingerprint density at radius 2 is 2.10 bits per heavy atom. The van der Waals surface area contributed by atoms with Crippen LogP contribution in [0.2, 0.25) is 0 Å². The molecule has 30 heavy (non-hydrogen) atoms. The number of hydrogen-bond donors (Lipinski definition) is 2. The predicted molar refractivity (Wildman–Crippen MR) is 135 cm³/mol. The maximum Gasteiger partial charge on any atom is 0.191 e. The van der Waals surface area contributed by atoms with Gasteiger partial charge in [0, 0.05) is 52.0 Å². The van der Waals surface area contributed by atoms with Gasteiger partial charge in [0.05, 0.1) is 12.7 Å². The second kappa shape index (κ2) is 13.3. The molecule has 0 aliphatic carbocycles. The molecule has 0 amide bonds. The van der Waals surface area contributed by atoms with E-state index in [2.05, 4.69) is 56.4 Å². The van der Waals surface area contributed by atoms with Crippen molar-refractivity contribution >= 4 is 35.8 Å². The van der Waals surface area contributed by atoms with Gasteiger partial charge in [-0.15, -0.1) is 24.0 Å². The number of morpholine rings is 1. The molecule has 2 atom stereocenters. The highest BCUT2D eigenvalue weighted by molar-refractivity contribution is 14.0. The Morgan fingerprint density at radius 1 is 1.23 bits per heavy atom. The molecule has 2 aliphatic rings. The number of pyridine rings is 1. The third-order valence-electron chi connectivity index (χ3n) is 5.91. The van der Waals surface area contributed by atoms with Crippen molar-refractivity contribution in [2.24, 2.45) is 4.99 Å². The smallest absolute Gasteiger partial charge is 0.191 e. The molecule has 2 N–H and O–H groups in total. The van der Waals surface area contributed by atoms with E-state index in [0.29, 0.717) is 0 Å². The molecule has 2 unspecified atom stereocenters. The van der Waals surface area contributed by atoms with Crippen molar-refractivity contribution in [3.63, 3.8) is 0 Å². The molecule has 170 valence electrons. The number of hydrogen-bond acceptors (Lipinski definition) is 5. The maximum absolute atomic E-state index is 5.61. The molecule has 3 heterocycles. The van der Waals surface area contributed by atoms with Crippen LogP contribution in [-0.4, -0.2) is 74.4 Å². The van der Waals surface area contributed by atoms with Crippen LogP contribution in [0, 0.1) is 0 Å². The fourth-order valence-corrected chi connectivity index (χ4v) is 4.12. The highest BCUT2D eigenvalue weighted by Crippen LogP contribution is 2.16. The number of ether oxygens (including phenoxy) is 1. The first kappa shape index (κ1) is 25.1. The van der Waals surface area contributed by atoms with Crippen molar-refractivity contribution in [3.05, 3.63) is 23.9 Å². The highest BCUT2D eigenvalue weighted by atomic mass is 127. The van der Waals surface area contributed by atoms with Crippen LogP contribution in [0.25, 0.3) is 0 Å². The van der Waals surface area contributed by atoms with Crippen LogP contribution >= 0.6 is 24.0 Å². The lowest BCUT2D eigenvalue weighted by molar-refractivity contribution is 0.0529. The van der Waals surface area contributed by atoms with Crippen molar-refractivity contribution in [3.8, 4) is 0 Å². The summed E-state index contributed by atoms with van der Waals surface area (Å²) in [7, 11) is 1.82. The molecular weight excluding hydrogens is 491 g/mol. The summed E-state index contributed by atoms with van der Waals surface area (Å²) in [6.45, 7) is 11.1. The largest absolute Gasteiger partial charge is 0.375 e. The lowest BCUT2D eigenvalue weighted by atomic mass is 10.0. The number of piperidine rings is 1. The van der Waals surface area contributed by atoms with Gasteiger partial charge in [-0.25, -0.2) is 4.98 Å². The van der Waals surface area contributed by atoms with Crippen molar-refractivity contribution in [1.82, 2.24) is 20.5 Å². The molecule has 1 aromatic rings. The molecule has 8 heteroatoms. The van der Waals surface area contributed by atoms with Crippen LogP contribution in [0.15, 0.2) is 23.3 Å². The summed E-state index contributed by atoms with van der Waals surface area (Å²) < 4.78 is 5.61. The molecule has 0 bridgehead atoms. The Labute approximate surface area is 199 Å². The minimum Gasteiger partial charge on any atom is -0.375 e. The molecule has 0 aromatic carbocycles. The molecule has 0 radical (unpaired) electrons. The third kappa shape index (κ3) is 7.85. The number of guanidine groups is 1. The quantitative estimate of drug-likeness (QED) is 0.245. The van der Waals surface area contributed by atoms with E-state index >= 15 is 0 Å². The van der Waals surface area contributed by atoms with E-state index in [9.17, 15) is 0 Å². The average Bonchev–Trinajstić information content (AvgIpc) is 2.75. The predicted octanol–water partition coefficient (Wildman–Crippen LogP) is 2.85. The Bertz CT molecular complexity index is 641. The summed E-state index contributed by atoms with van der Waals surface area (Å²) in [4.78, 5) is 13.9. The van der Waals surface area contributed by atoms with Crippen LogP contribution in [0.5, 0.6) is 0 Å². The number of nitrogens with one attached hydrogen (secondary N) is 2. The molecule has 2 aliphatic heterocycles. The van der Waals surface area contributed by atoms with Crippen molar-refractivity contribution in [1.29, 1.82) is 0 Å². The number of anilines is 1. The zero-order chi connectivity index (χ0) is 20.5. The van der Waals surface area contributed by atoms with Gasteiger partial charge in [-0.3, -0.25) is 4.99 Å². The van der Waals surface area contributed by atoms with Crippen LogP contribution in [0.4, 0.5) is 5.82 Å². The molecular formula is C22H39IN6O. The van der Waals surface area contributed by atoms with Gasteiger partial charge in [0.2, 0.25) is 0 Å². The maximum atomic E-state index is 5.61. The first-order valence-corrected chi connectivity index (χ1v) is 11.2. The number of nitrogens with zero attached hydrogens (tertiary/aromatic N) is 4. The fourth-order valence-electron chi connectivity index (χ4n) is 4.12. The van der Waals surface area contributed by atoms with Gasteiger partial charge < -0.3 is 25.2 Å². The van der Waals surface area contributed by atoms with E-state index in [4.69, 9.17) is 4.74 Å². The Morgan fingerprint density at radius 3 is 2.80 bits per heavy atom. The van der Waals surface area contributed by atoms with E-state index < -0.39 is 0 Å². The Balaban J connectivity index is 0.00000320. The lowest BCUT2D eigenvalue weighted by Crippen LogP contribution is -2.41. The van der Waals surface area contributed by atoms with Gasteiger partial charge in [0.25, 0.3) is 0 Å². The van der Waals surface area contributed by atoms with E-state index in [0.717, 1.165) is 69.1 Å². The number of aliphatic imine (C=N–C) groups is 1. The van der Waals surface area contributed by atoms with Gasteiger partial charge in [-0.1, -0.05) is 12.5 Å². The normalized spacial score (nSPS) is 23.0. The summed E-state index contributed by atoms with van der Waals surface area (Å²) in [5.74, 6) is 1.88. The van der Waals surface area contributed by atoms with E-state index in [-0.39, 0.29) is 30.1 Å². The van der Waals surface area contributed by atoms with E-state index in [1.54, 1.807) is 0 Å². The summed E-state index contributed by atoms with van der Waals surface area (Å²) in [6, 6.07) is 4.98. The Hall–Kier alpha value is -1.13. The van der Waals surface area contributed by atoms with Crippen molar-refractivity contribution in [2.75, 3.05) is 51.3 Å². The summed E-state index contributed by atoms with van der Waals surface area (Å²) in [5, 5.41) is 6.82. The molecule has 7 nitrogen and oxygen atoms in total. The van der Waals surface area contributed by atoms with Gasteiger partial charge in [0.15, 0.2) is 5.96 Å². The van der Waals surface area contributed by atoms with Gasteiger partial charge in [-0.05, 0) is 51.3 Å². The Kier molecular flexibility index (Phi) is 11.2. The molecule has 2 saturated heterocycles. The SMILES string of the molecule is CN=C(NCCCN1CCCCC1C)NCc1ccc(N2CCOC(C)C2)nc1.I. The minimum absolute atomic E-state index is 0. The van der Waals surface area contributed by atoms with Crippen LogP contribution in [0.3, 0.4) is 0 Å². The monoisotopic (exact) mass is 530 g/mol. The number of likely N-dealkylation sites (tertiary alicyclic amines) is 1. The fraction of sp³-hybridized carbons (Fsp3) is 0.727. The molecule has 1 aromatic heterocycles. The topological polar surface area (TPSA) is 65.0 Å². The van der Waals surface area contributed by atoms with Crippen molar-refractivity contribution < 1.29 is 4.74 Å². The third-order valence-corrected chi connectivity index (χ3v) is 5.91. The van der Waals surface area contributed by atoms with Gasteiger partial charge >= 0.3 is 0 Å². The number of rotatable bonds is 7. The van der Waals surface area contributed by atoms with Crippen LogP contribution in [0.1, 0.15) is 45.1 Å². The molecule has 0 spiro atoms. The molecule has 3 rings (SSSR count). The summed E-state index contributed by atoms with van der Waals surface area (Å²) in [6.07, 6.45) is 7.42. The zero-order valence-corrected chi connectivity index (χ0v) is 21.1. The van der Waals surface area contributed by atoms with E-state index in [1.165, 1.54) is 25.8 Å². The minimum atomic E-state index is 0. The lowest BCUT2D eigenvalue weighted by Gasteiger charge is -2.33. The average molecular weight is 530 g/mol. The highest BCUT2D eigenvalue weighted by Gasteiger charge is 2.18. The first-order chi connectivity index (χ1) is 14.2. The number of halogens is 1. The summed E-state index contributed by atoms with van der Waals surface area (Å²) in [5.41, 5.74) is 1.15. The molecule has 0 saturated carbocycles. The van der Waals surface area contributed by atoms with E-state index in [1.807, 2.05) is 13.2 Å². The molecule has 2 fully saturated rings. The van der Waals surface area contributed by atoms with Gasteiger partial charge in [-0.2, -0.15) is 0 Å². The standard InChI is InChI=1S/C22H38N6O.HI/c1-18-7-4-5-11-27(18)12-6-10-24-22(23-3)26-16-20-8-9-21(25-15-20)28-13-14-29-19(2)17-28;/h8-9,15,18-19H,4-7,10-14,16-17H2,1-3H3,(H2,23,24,26);1H. The van der Waals surface area contributed by atoms with Crippen molar-refractivity contribution in [2.45, 2.75) is 58.2 Å². The second-order valence-corrected chi connectivity index (χ2v) is 8.24. The van der Waals surface area contributed by atoms with Crippen LogP contribution in [-0.2, 0) is 11.3 Å². The second-order valence-electron chi connectivity index (χ2n) is 8.24. The first-order valence-electron chi connectivity index (χ1n) is 11.2. The summed E-state index contributed by atoms with van der Waals surface area (Å²) >= 11 is 0. The van der Waals surface area contributed by atoms with Crippen LogP contribution < -0.4 is 15.5 Å². The number of aromatic nitrogens is 1. The van der Waals surface area contributed by atoms with Gasteiger partial charge in [0.1, 0.15) is 5.82 Å².